The van der Waals surface area contributed by atoms with E-state index in [4.69, 9.17) is 10.5 Å². The number of benzene rings is 1. The number of carbonyl (C=O) groups excluding carboxylic acids is 2. The second-order valence-corrected chi connectivity index (χ2v) is 5.71. The average Bonchev–Trinajstić information content (AvgIpc) is 2.97. The maximum absolute atomic E-state index is 12.1. The summed E-state index contributed by atoms with van der Waals surface area (Å²) in [6, 6.07) is 6.63. The molecule has 4 N–H and O–H groups in total. The molecule has 1 aliphatic heterocycles. The molecule has 0 aliphatic carbocycles. The van der Waals surface area contributed by atoms with Gasteiger partial charge in [0.25, 0.3) is 0 Å². The van der Waals surface area contributed by atoms with Crippen LogP contribution in [0, 0.1) is 12.8 Å². The SMILES string of the molecule is Cc1cccc([C@H](CC(=O)NC[C@@H]2CCOC2)NC(N)=O)c1. The summed E-state index contributed by atoms with van der Waals surface area (Å²) in [5.41, 5.74) is 7.16. The number of urea groups is 1. The Hall–Kier alpha value is -2.08. The maximum atomic E-state index is 12.1. The highest BCUT2D eigenvalue weighted by atomic mass is 16.5. The normalized spacial score (nSPS) is 18.7. The number of hydrogen-bond donors (Lipinski definition) is 3. The fourth-order valence-corrected chi connectivity index (χ4v) is 2.57. The van der Waals surface area contributed by atoms with Crippen LogP contribution in [0.25, 0.3) is 0 Å². The van der Waals surface area contributed by atoms with Gasteiger partial charge >= 0.3 is 6.03 Å². The van der Waals surface area contributed by atoms with Crippen molar-refractivity contribution in [2.45, 2.75) is 25.8 Å². The Labute approximate surface area is 130 Å². The summed E-state index contributed by atoms with van der Waals surface area (Å²) in [6.45, 7) is 4.03. The second-order valence-electron chi connectivity index (χ2n) is 5.71. The summed E-state index contributed by atoms with van der Waals surface area (Å²) in [6.07, 6.45) is 1.14. The van der Waals surface area contributed by atoms with Gasteiger partial charge in [-0.3, -0.25) is 4.79 Å². The van der Waals surface area contributed by atoms with E-state index < -0.39 is 12.1 Å². The van der Waals surface area contributed by atoms with E-state index in [1.165, 1.54) is 0 Å². The van der Waals surface area contributed by atoms with Gasteiger partial charge in [0.05, 0.1) is 19.1 Å². The van der Waals surface area contributed by atoms with Crippen LogP contribution in [0.3, 0.4) is 0 Å². The summed E-state index contributed by atoms with van der Waals surface area (Å²) >= 11 is 0. The number of amides is 3. The summed E-state index contributed by atoms with van der Waals surface area (Å²) in [4.78, 5) is 23.3. The lowest BCUT2D eigenvalue weighted by molar-refractivity contribution is -0.121. The van der Waals surface area contributed by atoms with Crippen molar-refractivity contribution in [1.82, 2.24) is 10.6 Å². The van der Waals surface area contributed by atoms with Crippen LogP contribution in [0.2, 0.25) is 0 Å². The van der Waals surface area contributed by atoms with Crippen LogP contribution in [-0.4, -0.2) is 31.7 Å². The molecule has 2 rings (SSSR count). The van der Waals surface area contributed by atoms with Gasteiger partial charge in [-0.15, -0.1) is 0 Å². The smallest absolute Gasteiger partial charge is 0.312 e. The molecule has 0 aromatic heterocycles. The van der Waals surface area contributed by atoms with E-state index in [1.54, 1.807) is 0 Å². The van der Waals surface area contributed by atoms with Gasteiger partial charge in [-0.25, -0.2) is 4.79 Å². The van der Waals surface area contributed by atoms with Crippen molar-refractivity contribution in [2.75, 3.05) is 19.8 Å². The molecule has 3 amide bonds. The van der Waals surface area contributed by atoms with E-state index >= 15 is 0 Å². The van der Waals surface area contributed by atoms with Gasteiger partial charge in [0, 0.05) is 19.1 Å². The molecule has 120 valence electrons. The van der Waals surface area contributed by atoms with Crippen molar-refractivity contribution < 1.29 is 14.3 Å². The molecule has 0 unspecified atom stereocenters. The van der Waals surface area contributed by atoms with Crippen molar-refractivity contribution in [2.24, 2.45) is 11.7 Å². The molecule has 1 fully saturated rings. The van der Waals surface area contributed by atoms with Crippen LogP contribution in [-0.2, 0) is 9.53 Å². The maximum Gasteiger partial charge on any atom is 0.312 e. The summed E-state index contributed by atoms with van der Waals surface area (Å²) < 4.78 is 5.28. The van der Waals surface area contributed by atoms with Gasteiger partial charge in [0.1, 0.15) is 0 Å². The van der Waals surface area contributed by atoms with Gasteiger partial charge in [-0.05, 0) is 18.9 Å². The molecule has 0 bridgehead atoms. The molecule has 1 aromatic carbocycles. The van der Waals surface area contributed by atoms with E-state index in [0.29, 0.717) is 19.1 Å². The molecule has 22 heavy (non-hydrogen) atoms. The van der Waals surface area contributed by atoms with Crippen LogP contribution in [0.15, 0.2) is 24.3 Å². The minimum absolute atomic E-state index is 0.104. The predicted molar refractivity (Wildman–Crippen MR) is 83.2 cm³/mol. The molecule has 6 nitrogen and oxygen atoms in total. The van der Waals surface area contributed by atoms with E-state index in [-0.39, 0.29) is 12.3 Å². The average molecular weight is 305 g/mol. The molecular weight excluding hydrogens is 282 g/mol. The number of rotatable bonds is 6. The van der Waals surface area contributed by atoms with Crippen LogP contribution in [0.1, 0.15) is 30.0 Å². The Morgan fingerprint density at radius 3 is 2.91 bits per heavy atom. The van der Waals surface area contributed by atoms with E-state index in [0.717, 1.165) is 24.2 Å². The number of hydrogen-bond acceptors (Lipinski definition) is 3. The van der Waals surface area contributed by atoms with Crippen molar-refractivity contribution in [1.29, 1.82) is 0 Å². The van der Waals surface area contributed by atoms with Gasteiger partial charge in [0.15, 0.2) is 0 Å². The number of nitrogens with one attached hydrogen (secondary N) is 2. The molecule has 0 spiro atoms. The Morgan fingerprint density at radius 1 is 1.45 bits per heavy atom. The Kier molecular flexibility index (Phi) is 5.77. The lowest BCUT2D eigenvalue weighted by Crippen LogP contribution is -2.37. The predicted octanol–water partition coefficient (Wildman–Crippen LogP) is 1.25. The first-order valence-electron chi connectivity index (χ1n) is 7.51. The number of ether oxygens (including phenoxy) is 1. The van der Waals surface area contributed by atoms with Gasteiger partial charge in [-0.1, -0.05) is 29.8 Å². The number of primary amides is 1. The molecule has 2 atom stereocenters. The summed E-state index contributed by atoms with van der Waals surface area (Å²) in [5, 5.41) is 5.54. The zero-order valence-electron chi connectivity index (χ0n) is 12.8. The third kappa shape index (κ3) is 5.04. The van der Waals surface area contributed by atoms with Crippen molar-refractivity contribution in [3.05, 3.63) is 35.4 Å². The molecule has 0 radical (unpaired) electrons. The number of aryl methyl sites for hydroxylation is 1. The topological polar surface area (TPSA) is 93.4 Å². The van der Waals surface area contributed by atoms with Crippen LogP contribution in [0.5, 0.6) is 0 Å². The highest BCUT2D eigenvalue weighted by Gasteiger charge is 2.20. The molecule has 0 saturated carbocycles. The lowest BCUT2D eigenvalue weighted by Gasteiger charge is -2.19. The highest BCUT2D eigenvalue weighted by molar-refractivity contribution is 5.78. The van der Waals surface area contributed by atoms with Crippen LogP contribution in [0.4, 0.5) is 4.79 Å². The van der Waals surface area contributed by atoms with Crippen molar-refractivity contribution in [3.63, 3.8) is 0 Å². The van der Waals surface area contributed by atoms with Crippen LogP contribution < -0.4 is 16.4 Å². The summed E-state index contributed by atoms with van der Waals surface area (Å²) in [5.74, 6) is 0.276. The van der Waals surface area contributed by atoms with Gasteiger partial charge < -0.3 is 21.1 Å². The zero-order valence-corrected chi connectivity index (χ0v) is 12.8. The van der Waals surface area contributed by atoms with E-state index in [2.05, 4.69) is 10.6 Å². The van der Waals surface area contributed by atoms with Crippen molar-refractivity contribution in [3.8, 4) is 0 Å². The zero-order chi connectivity index (χ0) is 15.9. The number of nitrogens with two attached hydrogens (primary N) is 1. The van der Waals surface area contributed by atoms with Crippen molar-refractivity contribution >= 4 is 11.9 Å². The summed E-state index contributed by atoms with van der Waals surface area (Å²) in [7, 11) is 0. The third-order valence-electron chi connectivity index (χ3n) is 3.76. The lowest BCUT2D eigenvalue weighted by atomic mass is 10.0. The largest absolute Gasteiger partial charge is 0.381 e. The quantitative estimate of drug-likeness (QED) is 0.738. The first-order chi connectivity index (χ1) is 10.5. The fourth-order valence-electron chi connectivity index (χ4n) is 2.57. The molecule has 1 heterocycles. The van der Waals surface area contributed by atoms with Gasteiger partial charge in [0.2, 0.25) is 5.91 Å². The van der Waals surface area contributed by atoms with Crippen LogP contribution >= 0.6 is 0 Å². The first-order valence-corrected chi connectivity index (χ1v) is 7.51. The first kappa shape index (κ1) is 16.3. The third-order valence-corrected chi connectivity index (χ3v) is 3.76. The molecule has 6 heteroatoms. The molecule has 1 saturated heterocycles. The van der Waals surface area contributed by atoms with Gasteiger partial charge in [-0.2, -0.15) is 0 Å². The standard InChI is InChI=1S/C16H23N3O3/c1-11-3-2-4-13(7-11)14(19-16(17)21)8-15(20)18-9-12-5-6-22-10-12/h2-4,7,12,14H,5-6,8-10H2,1H3,(H,18,20)(H3,17,19,21)/t12-,14-/m0/s1. The fraction of sp³-hybridized carbons (Fsp3) is 0.500. The Balaban J connectivity index is 1.93. The minimum atomic E-state index is -0.636. The Morgan fingerprint density at radius 2 is 2.27 bits per heavy atom. The minimum Gasteiger partial charge on any atom is -0.381 e. The monoisotopic (exact) mass is 305 g/mol. The second kappa shape index (κ2) is 7.79. The highest BCUT2D eigenvalue weighted by Crippen LogP contribution is 2.18. The molecule has 1 aromatic rings. The number of carbonyl (C=O) groups is 2. The van der Waals surface area contributed by atoms with E-state index in [9.17, 15) is 9.59 Å². The van der Waals surface area contributed by atoms with E-state index in [1.807, 2.05) is 31.2 Å². The molecule has 1 aliphatic rings. The molecular formula is C16H23N3O3. The Bertz CT molecular complexity index is 527.